The standard InChI is InChI=1S/C17H21N3O3S/c1-10-16(24-12(3)19-10)11(2)20-15(21)9-18-17(22)13-5-7-14(23-4)8-6-13/h5-8,11H,9H2,1-4H3,(H,18,22)(H,20,21)/t11-/m1/s1. The second kappa shape index (κ2) is 7.92. The maximum atomic E-state index is 12.0. The Bertz CT molecular complexity index is 725. The molecule has 0 aliphatic heterocycles. The first-order valence-electron chi connectivity index (χ1n) is 7.56. The molecule has 0 spiro atoms. The SMILES string of the molecule is COc1ccc(C(=O)NCC(=O)N[C@H](C)c2sc(C)nc2C)cc1. The number of thiazole rings is 1. The zero-order chi connectivity index (χ0) is 17.7. The van der Waals surface area contributed by atoms with E-state index >= 15 is 0 Å². The third-order valence-electron chi connectivity index (χ3n) is 3.47. The van der Waals surface area contributed by atoms with E-state index in [1.807, 2.05) is 20.8 Å². The van der Waals surface area contributed by atoms with Gasteiger partial charge in [-0.2, -0.15) is 0 Å². The molecule has 24 heavy (non-hydrogen) atoms. The molecular formula is C17H21N3O3S. The van der Waals surface area contributed by atoms with Crippen LogP contribution in [0.3, 0.4) is 0 Å². The summed E-state index contributed by atoms with van der Waals surface area (Å²) in [6.45, 7) is 5.69. The highest BCUT2D eigenvalue weighted by molar-refractivity contribution is 7.11. The maximum Gasteiger partial charge on any atom is 0.251 e. The highest BCUT2D eigenvalue weighted by Crippen LogP contribution is 2.24. The molecule has 128 valence electrons. The highest BCUT2D eigenvalue weighted by Gasteiger charge is 2.16. The van der Waals surface area contributed by atoms with Crippen molar-refractivity contribution in [1.82, 2.24) is 15.6 Å². The Morgan fingerprint density at radius 3 is 2.46 bits per heavy atom. The number of rotatable bonds is 6. The van der Waals surface area contributed by atoms with Crippen molar-refractivity contribution in [3.63, 3.8) is 0 Å². The third kappa shape index (κ3) is 4.55. The van der Waals surface area contributed by atoms with Gasteiger partial charge in [0.2, 0.25) is 5.91 Å². The van der Waals surface area contributed by atoms with Crippen molar-refractivity contribution in [2.45, 2.75) is 26.8 Å². The Balaban J connectivity index is 1.85. The van der Waals surface area contributed by atoms with Crippen molar-refractivity contribution in [1.29, 1.82) is 0 Å². The molecule has 2 amide bonds. The summed E-state index contributed by atoms with van der Waals surface area (Å²) >= 11 is 1.56. The normalized spacial score (nSPS) is 11.7. The summed E-state index contributed by atoms with van der Waals surface area (Å²) in [5.74, 6) is 0.133. The van der Waals surface area contributed by atoms with Crippen LogP contribution in [-0.2, 0) is 4.79 Å². The summed E-state index contributed by atoms with van der Waals surface area (Å²) < 4.78 is 5.04. The number of aryl methyl sites for hydroxylation is 2. The fourth-order valence-corrected chi connectivity index (χ4v) is 3.24. The molecule has 0 saturated heterocycles. The first-order chi connectivity index (χ1) is 11.4. The van der Waals surface area contributed by atoms with Crippen LogP contribution in [0.2, 0.25) is 0 Å². The van der Waals surface area contributed by atoms with E-state index in [2.05, 4.69) is 15.6 Å². The van der Waals surface area contributed by atoms with Gasteiger partial charge >= 0.3 is 0 Å². The Morgan fingerprint density at radius 1 is 1.25 bits per heavy atom. The third-order valence-corrected chi connectivity index (χ3v) is 4.73. The van der Waals surface area contributed by atoms with E-state index in [0.29, 0.717) is 11.3 Å². The average molecular weight is 347 g/mol. The van der Waals surface area contributed by atoms with E-state index in [4.69, 9.17) is 4.74 Å². The first kappa shape index (κ1) is 17.9. The number of nitrogens with zero attached hydrogens (tertiary/aromatic N) is 1. The van der Waals surface area contributed by atoms with Crippen molar-refractivity contribution in [3.05, 3.63) is 45.4 Å². The van der Waals surface area contributed by atoms with Gasteiger partial charge in [0.1, 0.15) is 5.75 Å². The number of ether oxygens (including phenoxy) is 1. The van der Waals surface area contributed by atoms with Gasteiger partial charge < -0.3 is 15.4 Å². The molecular weight excluding hydrogens is 326 g/mol. The van der Waals surface area contributed by atoms with E-state index in [1.165, 1.54) is 0 Å². The summed E-state index contributed by atoms with van der Waals surface area (Å²) in [5, 5.41) is 6.45. The average Bonchev–Trinajstić information content (AvgIpc) is 2.91. The molecule has 0 aliphatic rings. The summed E-state index contributed by atoms with van der Waals surface area (Å²) in [4.78, 5) is 29.4. The summed E-state index contributed by atoms with van der Waals surface area (Å²) in [5.41, 5.74) is 1.40. The molecule has 6 nitrogen and oxygen atoms in total. The highest BCUT2D eigenvalue weighted by atomic mass is 32.1. The van der Waals surface area contributed by atoms with E-state index in [0.717, 1.165) is 15.6 Å². The van der Waals surface area contributed by atoms with Gasteiger partial charge in [-0.3, -0.25) is 9.59 Å². The van der Waals surface area contributed by atoms with Crippen LogP contribution in [0.5, 0.6) is 5.75 Å². The fourth-order valence-electron chi connectivity index (χ4n) is 2.31. The number of amides is 2. The topological polar surface area (TPSA) is 80.3 Å². The van der Waals surface area contributed by atoms with Crippen molar-refractivity contribution < 1.29 is 14.3 Å². The zero-order valence-electron chi connectivity index (χ0n) is 14.2. The van der Waals surface area contributed by atoms with Crippen LogP contribution >= 0.6 is 11.3 Å². The van der Waals surface area contributed by atoms with Crippen molar-refractivity contribution in [2.75, 3.05) is 13.7 Å². The van der Waals surface area contributed by atoms with Crippen LogP contribution in [0.4, 0.5) is 0 Å². The minimum atomic E-state index is -0.301. The number of aromatic nitrogens is 1. The Morgan fingerprint density at radius 2 is 1.92 bits per heavy atom. The van der Waals surface area contributed by atoms with Crippen molar-refractivity contribution in [3.8, 4) is 5.75 Å². The van der Waals surface area contributed by atoms with E-state index in [1.54, 1.807) is 42.7 Å². The summed E-state index contributed by atoms with van der Waals surface area (Å²) in [7, 11) is 1.56. The second-order valence-electron chi connectivity index (χ2n) is 5.38. The van der Waals surface area contributed by atoms with Crippen molar-refractivity contribution in [2.24, 2.45) is 0 Å². The largest absolute Gasteiger partial charge is 0.497 e. The fraction of sp³-hybridized carbons (Fsp3) is 0.353. The molecule has 0 bridgehead atoms. The van der Waals surface area contributed by atoms with Gasteiger partial charge in [0.05, 0.1) is 30.4 Å². The van der Waals surface area contributed by atoms with Crippen LogP contribution in [0.25, 0.3) is 0 Å². The van der Waals surface area contributed by atoms with Gasteiger partial charge in [-0.25, -0.2) is 4.98 Å². The lowest BCUT2D eigenvalue weighted by molar-refractivity contribution is -0.120. The summed E-state index contributed by atoms with van der Waals surface area (Å²) in [6, 6.07) is 6.57. The molecule has 0 saturated carbocycles. The lowest BCUT2D eigenvalue weighted by atomic mass is 10.2. The molecule has 0 fully saturated rings. The van der Waals surface area contributed by atoms with Gasteiger partial charge in [-0.1, -0.05) is 0 Å². The zero-order valence-corrected chi connectivity index (χ0v) is 15.0. The predicted octanol–water partition coefficient (Wildman–Crippen LogP) is 2.38. The Hall–Kier alpha value is -2.41. The minimum Gasteiger partial charge on any atom is -0.497 e. The second-order valence-corrected chi connectivity index (χ2v) is 6.62. The molecule has 0 radical (unpaired) electrons. The minimum absolute atomic E-state index is 0.0773. The number of hydrogen-bond donors (Lipinski definition) is 2. The molecule has 2 N–H and O–H groups in total. The van der Waals surface area contributed by atoms with Crippen LogP contribution in [0, 0.1) is 13.8 Å². The number of methoxy groups -OCH3 is 1. The summed E-state index contributed by atoms with van der Waals surface area (Å²) in [6.07, 6.45) is 0. The predicted molar refractivity (Wildman–Crippen MR) is 93.5 cm³/mol. The molecule has 1 aromatic carbocycles. The van der Waals surface area contributed by atoms with E-state index in [-0.39, 0.29) is 24.4 Å². The number of nitrogens with one attached hydrogen (secondary N) is 2. The molecule has 2 rings (SSSR count). The molecule has 0 unspecified atom stereocenters. The molecule has 1 atom stereocenters. The smallest absolute Gasteiger partial charge is 0.251 e. The molecule has 0 aliphatic carbocycles. The van der Waals surface area contributed by atoms with Gasteiger partial charge in [-0.15, -0.1) is 11.3 Å². The number of carbonyl (C=O) groups is 2. The van der Waals surface area contributed by atoms with E-state index < -0.39 is 0 Å². The number of hydrogen-bond acceptors (Lipinski definition) is 5. The molecule has 7 heteroatoms. The lowest BCUT2D eigenvalue weighted by Gasteiger charge is -2.13. The van der Waals surface area contributed by atoms with Crippen LogP contribution < -0.4 is 15.4 Å². The first-order valence-corrected chi connectivity index (χ1v) is 8.38. The monoisotopic (exact) mass is 347 g/mol. The lowest BCUT2D eigenvalue weighted by Crippen LogP contribution is -2.38. The van der Waals surface area contributed by atoms with Crippen LogP contribution in [-0.4, -0.2) is 30.5 Å². The van der Waals surface area contributed by atoms with Gasteiger partial charge in [0, 0.05) is 10.4 Å². The van der Waals surface area contributed by atoms with Crippen LogP contribution in [0.1, 0.15) is 38.9 Å². The van der Waals surface area contributed by atoms with Crippen LogP contribution in [0.15, 0.2) is 24.3 Å². The Kier molecular flexibility index (Phi) is 5.92. The van der Waals surface area contributed by atoms with Gasteiger partial charge in [-0.05, 0) is 45.0 Å². The number of benzene rings is 1. The molecule has 1 heterocycles. The Labute approximate surface area is 145 Å². The number of carbonyl (C=O) groups excluding carboxylic acids is 2. The van der Waals surface area contributed by atoms with Gasteiger partial charge in [0.15, 0.2) is 0 Å². The van der Waals surface area contributed by atoms with Gasteiger partial charge in [0.25, 0.3) is 5.91 Å². The molecule has 2 aromatic rings. The maximum absolute atomic E-state index is 12.0. The van der Waals surface area contributed by atoms with E-state index in [9.17, 15) is 9.59 Å². The van der Waals surface area contributed by atoms with Crippen molar-refractivity contribution >= 4 is 23.2 Å². The quantitative estimate of drug-likeness (QED) is 0.841. The molecule has 1 aromatic heterocycles.